The van der Waals surface area contributed by atoms with E-state index in [2.05, 4.69) is 37.4 Å². The molecule has 0 atom stereocenters. The summed E-state index contributed by atoms with van der Waals surface area (Å²) in [5.74, 6) is 1.05. The van der Waals surface area contributed by atoms with Crippen LogP contribution in [0.2, 0.25) is 0 Å². The third-order valence-corrected chi connectivity index (χ3v) is 3.07. The molecule has 0 aliphatic carbocycles. The van der Waals surface area contributed by atoms with E-state index in [1.165, 1.54) is 24.8 Å². The first-order chi connectivity index (χ1) is 8.88. The van der Waals surface area contributed by atoms with Gasteiger partial charge in [-0.25, -0.2) is 0 Å². The van der Waals surface area contributed by atoms with E-state index < -0.39 is 0 Å². The first kappa shape index (κ1) is 15.0. The summed E-state index contributed by atoms with van der Waals surface area (Å²) in [6.45, 7) is 7.47. The predicted molar refractivity (Wildman–Crippen MR) is 78.3 cm³/mol. The van der Waals surface area contributed by atoms with E-state index in [1.54, 1.807) is 0 Å². The van der Waals surface area contributed by atoms with Gasteiger partial charge in [-0.2, -0.15) is 0 Å². The number of rotatable bonds is 10. The highest BCUT2D eigenvalue weighted by Crippen LogP contribution is 2.18. The van der Waals surface area contributed by atoms with Gasteiger partial charge in [0.1, 0.15) is 5.75 Å². The van der Waals surface area contributed by atoms with Gasteiger partial charge in [0, 0.05) is 0 Å². The molecule has 1 aromatic carbocycles. The van der Waals surface area contributed by atoms with Gasteiger partial charge in [-0.05, 0) is 50.4 Å². The molecule has 0 saturated carbocycles. The summed E-state index contributed by atoms with van der Waals surface area (Å²) in [4.78, 5) is 0. The molecular formula is C16H27NO. The molecule has 0 aliphatic rings. The number of benzene rings is 1. The van der Waals surface area contributed by atoms with Crippen LogP contribution in [0.3, 0.4) is 0 Å². The van der Waals surface area contributed by atoms with Gasteiger partial charge in [-0.3, -0.25) is 0 Å². The van der Waals surface area contributed by atoms with Gasteiger partial charge >= 0.3 is 0 Å². The van der Waals surface area contributed by atoms with E-state index in [4.69, 9.17) is 4.74 Å². The lowest BCUT2D eigenvalue weighted by Crippen LogP contribution is -2.17. The number of nitrogens with one attached hydrogen (secondary N) is 1. The lowest BCUT2D eigenvalue weighted by atomic mass is 10.1. The Morgan fingerprint density at radius 1 is 1.00 bits per heavy atom. The van der Waals surface area contributed by atoms with Gasteiger partial charge in [0.05, 0.1) is 6.61 Å². The number of para-hydroxylation sites is 1. The molecule has 0 amide bonds. The average Bonchev–Trinajstić information content (AvgIpc) is 2.42. The maximum absolute atomic E-state index is 5.83. The van der Waals surface area contributed by atoms with E-state index in [0.29, 0.717) is 0 Å². The van der Waals surface area contributed by atoms with Crippen molar-refractivity contribution in [2.75, 3.05) is 19.7 Å². The van der Waals surface area contributed by atoms with Crippen LogP contribution < -0.4 is 10.1 Å². The smallest absolute Gasteiger partial charge is 0.122 e. The number of hydrogen-bond donors (Lipinski definition) is 1. The maximum atomic E-state index is 5.83. The molecule has 0 spiro atoms. The Labute approximate surface area is 112 Å². The van der Waals surface area contributed by atoms with E-state index in [9.17, 15) is 0 Å². The van der Waals surface area contributed by atoms with Crippen LogP contribution in [0.1, 0.15) is 45.1 Å². The molecule has 1 rings (SSSR count). The van der Waals surface area contributed by atoms with Crippen molar-refractivity contribution in [1.82, 2.24) is 5.32 Å². The second-order valence-electron chi connectivity index (χ2n) is 4.62. The molecule has 2 heteroatoms. The summed E-state index contributed by atoms with van der Waals surface area (Å²) < 4.78 is 5.83. The summed E-state index contributed by atoms with van der Waals surface area (Å²) >= 11 is 0. The lowest BCUT2D eigenvalue weighted by molar-refractivity contribution is 0.303. The molecule has 1 N–H and O–H groups in total. The van der Waals surface area contributed by atoms with Crippen molar-refractivity contribution in [3.8, 4) is 5.75 Å². The molecule has 2 nitrogen and oxygen atoms in total. The summed E-state index contributed by atoms with van der Waals surface area (Å²) in [5, 5.41) is 3.45. The molecule has 0 fully saturated rings. The summed E-state index contributed by atoms with van der Waals surface area (Å²) in [6, 6.07) is 8.32. The van der Waals surface area contributed by atoms with Crippen molar-refractivity contribution in [3.63, 3.8) is 0 Å². The maximum Gasteiger partial charge on any atom is 0.122 e. The largest absolute Gasteiger partial charge is 0.493 e. The van der Waals surface area contributed by atoms with Gasteiger partial charge in [-0.15, -0.1) is 0 Å². The molecule has 0 unspecified atom stereocenters. The normalized spacial score (nSPS) is 10.6. The predicted octanol–water partition coefficient (Wildman–Crippen LogP) is 3.80. The van der Waals surface area contributed by atoms with Crippen molar-refractivity contribution in [2.45, 2.75) is 46.0 Å². The third-order valence-electron chi connectivity index (χ3n) is 3.07. The van der Waals surface area contributed by atoms with Crippen molar-refractivity contribution in [2.24, 2.45) is 0 Å². The Morgan fingerprint density at radius 2 is 1.78 bits per heavy atom. The van der Waals surface area contributed by atoms with Crippen LogP contribution in [0, 0.1) is 0 Å². The van der Waals surface area contributed by atoms with E-state index >= 15 is 0 Å². The van der Waals surface area contributed by atoms with Gasteiger partial charge in [-0.1, -0.05) is 38.5 Å². The van der Waals surface area contributed by atoms with Crippen molar-refractivity contribution in [3.05, 3.63) is 29.8 Å². The molecule has 0 bridgehead atoms. The molecule has 0 heterocycles. The molecule has 0 saturated heterocycles. The molecular weight excluding hydrogens is 222 g/mol. The van der Waals surface area contributed by atoms with Crippen LogP contribution in [0.15, 0.2) is 24.3 Å². The van der Waals surface area contributed by atoms with Gasteiger partial charge < -0.3 is 10.1 Å². The first-order valence-electron chi connectivity index (χ1n) is 7.30. The standard InChI is InChI=1S/C16H27NO/c1-3-5-12-17-13-8-9-14-18-16-11-7-6-10-15(16)4-2/h6-7,10-11,17H,3-5,8-9,12-14H2,1-2H3. The highest BCUT2D eigenvalue weighted by Gasteiger charge is 1.99. The van der Waals surface area contributed by atoms with Crippen molar-refractivity contribution in [1.29, 1.82) is 0 Å². The molecule has 18 heavy (non-hydrogen) atoms. The first-order valence-corrected chi connectivity index (χ1v) is 7.30. The fourth-order valence-corrected chi connectivity index (χ4v) is 1.90. The van der Waals surface area contributed by atoms with Gasteiger partial charge in [0.25, 0.3) is 0 Å². The van der Waals surface area contributed by atoms with E-state index in [0.717, 1.165) is 38.3 Å². The topological polar surface area (TPSA) is 21.3 Å². The fourth-order valence-electron chi connectivity index (χ4n) is 1.90. The number of unbranched alkanes of at least 4 members (excludes halogenated alkanes) is 2. The van der Waals surface area contributed by atoms with Crippen LogP contribution >= 0.6 is 0 Å². The highest BCUT2D eigenvalue weighted by atomic mass is 16.5. The van der Waals surface area contributed by atoms with Crippen LogP contribution in [-0.2, 0) is 6.42 Å². The van der Waals surface area contributed by atoms with Crippen molar-refractivity contribution < 1.29 is 4.74 Å². The van der Waals surface area contributed by atoms with Gasteiger partial charge in [0.15, 0.2) is 0 Å². The summed E-state index contributed by atoms with van der Waals surface area (Å²) in [5.41, 5.74) is 1.30. The van der Waals surface area contributed by atoms with Crippen LogP contribution in [0.5, 0.6) is 5.75 Å². The molecule has 0 aliphatic heterocycles. The zero-order valence-electron chi connectivity index (χ0n) is 11.9. The molecule has 1 aromatic rings. The van der Waals surface area contributed by atoms with E-state index in [1.807, 2.05) is 6.07 Å². The summed E-state index contributed by atoms with van der Waals surface area (Å²) in [6.07, 6.45) is 5.90. The minimum Gasteiger partial charge on any atom is -0.493 e. The second-order valence-corrected chi connectivity index (χ2v) is 4.62. The van der Waals surface area contributed by atoms with Crippen LogP contribution in [-0.4, -0.2) is 19.7 Å². The minimum absolute atomic E-state index is 0.826. The number of ether oxygens (including phenoxy) is 1. The monoisotopic (exact) mass is 249 g/mol. The zero-order chi connectivity index (χ0) is 13.1. The van der Waals surface area contributed by atoms with Crippen molar-refractivity contribution >= 4 is 0 Å². The SMILES string of the molecule is CCCCNCCCCOc1ccccc1CC. The lowest BCUT2D eigenvalue weighted by Gasteiger charge is -2.10. The second kappa shape index (κ2) is 9.95. The molecule has 102 valence electrons. The minimum atomic E-state index is 0.826. The Balaban J connectivity index is 2.07. The number of hydrogen-bond acceptors (Lipinski definition) is 2. The highest BCUT2D eigenvalue weighted by molar-refractivity contribution is 5.33. The number of aryl methyl sites for hydroxylation is 1. The molecule has 0 aromatic heterocycles. The van der Waals surface area contributed by atoms with Gasteiger partial charge in [0.2, 0.25) is 0 Å². The Hall–Kier alpha value is -1.02. The Kier molecular flexibility index (Phi) is 8.32. The average molecular weight is 249 g/mol. The van der Waals surface area contributed by atoms with E-state index in [-0.39, 0.29) is 0 Å². The third kappa shape index (κ3) is 6.06. The Bertz CT molecular complexity index is 312. The Morgan fingerprint density at radius 3 is 2.56 bits per heavy atom. The zero-order valence-corrected chi connectivity index (χ0v) is 11.9. The quantitative estimate of drug-likeness (QED) is 0.637. The van der Waals surface area contributed by atoms with Crippen LogP contribution in [0.4, 0.5) is 0 Å². The van der Waals surface area contributed by atoms with Crippen LogP contribution in [0.25, 0.3) is 0 Å². The fraction of sp³-hybridized carbons (Fsp3) is 0.625. The molecule has 0 radical (unpaired) electrons. The summed E-state index contributed by atoms with van der Waals surface area (Å²) in [7, 11) is 0.